The molecule has 2 aromatic rings. The van der Waals surface area contributed by atoms with Crippen LogP contribution in [0.4, 0.5) is 5.69 Å². The van der Waals surface area contributed by atoms with Gasteiger partial charge in [0, 0.05) is 12.6 Å². The summed E-state index contributed by atoms with van der Waals surface area (Å²) in [5.74, 6) is -0.724. The van der Waals surface area contributed by atoms with E-state index < -0.39 is 28.5 Å². The van der Waals surface area contributed by atoms with Crippen molar-refractivity contribution in [3.05, 3.63) is 65.7 Å². The number of anilines is 1. The third-order valence-corrected chi connectivity index (χ3v) is 6.47. The summed E-state index contributed by atoms with van der Waals surface area (Å²) in [6.07, 6.45) is 1.84. The standard InChI is InChI=1S/C24H33N3O4S/c1-6-19(3)25-24(29)20(4)26(16-21-12-8-7-9-13-21)23(28)17-27(32(5,30)31)22-14-10-11-18(2)15-22/h7-15,19-20H,6,16-17H2,1-5H3,(H,25,29)/t19-,20-/m1/s1. The van der Waals surface area contributed by atoms with E-state index in [9.17, 15) is 18.0 Å². The topological polar surface area (TPSA) is 86.8 Å². The lowest BCUT2D eigenvalue weighted by molar-refractivity contribution is -0.139. The molecule has 0 aliphatic carbocycles. The first-order valence-electron chi connectivity index (χ1n) is 10.7. The van der Waals surface area contributed by atoms with Crippen molar-refractivity contribution >= 4 is 27.5 Å². The summed E-state index contributed by atoms with van der Waals surface area (Å²) >= 11 is 0. The fraction of sp³-hybridized carbons (Fsp3) is 0.417. The molecule has 7 nitrogen and oxygen atoms in total. The highest BCUT2D eigenvalue weighted by Gasteiger charge is 2.30. The molecule has 2 aromatic carbocycles. The number of carbonyl (C=O) groups is 2. The van der Waals surface area contributed by atoms with Gasteiger partial charge in [-0.3, -0.25) is 13.9 Å². The molecular weight excluding hydrogens is 426 g/mol. The van der Waals surface area contributed by atoms with E-state index in [1.165, 1.54) is 4.90 Å². The predicted octanol–water partition coefficient (Wildman–Crippen LogP) is 3.09. The number of aryl methyl sites for hydroxylation is 1. The van der Waals surface area contributed by atoms with Gasteiger partial charge in [-0.05, 0) is 50.5 Å². The summed E-state index contributed by atoms with van der Waals surface area (Å²) in [5, 5.41) is 2.91. The maximum atomic E-state index is 13.4. The third kappa shape index (κ3) is 7.09. The highest BCUT2D eigenvalue weighted by molar-refractivity contribution is 7.92. The number of hydrogen-bond acceptors (Lipinski definition) is 4. The normalized spacial score (nSPS) is 13.2. The molecule has 0 spiro atoms. The van der Waals surface area contributed by atoms with Crippen LogP contribution in [0, 0.1) is 6.92 Å². The summed E-state index contributed by atoms with van der Waals surface area (Å²) in [4.78, 5) is 27.6. The van der Waals surface area contributed by atoms with Crippen molar-refractivity contribution in [3.63, 3.8) is 0 Å². The lowest BCUT2D eigenvalue weighted by Crippen LogP contribution is -2.52. The number of benzene rings is 2. The molecular formula is C24H33N3O4S. The van der Waals surface area contributed by atoms with Gasteiger partial charge in [0.15, 0.2) is 0 Å². The zero-order valence-corrected chi connectivity index (χ0v) is 20.2. The van der Waals surface area contributed by atoms with Crippen molar-refractivity contribution in [1.82, 2.24) is 10.2 Å². The molecule has 0 aliphatic rings. The number of amides is 2. The number of nitrogens with one attached hydrogen (secondary N) is 1. The summed E-state index contributed by atoms with van der Waals surface area (Å²) < 4.78 is 26.1. The first-order chi connectivity index (χ1) is 15.0. The Balaban J connectivity index is 2.35. The summed E-state index contributed by atoms with van der Waals surface area (Å²) in [5.41, 5.74) is 2.15. The Morgan fingerprint density at radius 3 is 2.25 bits per heavy atom. The average Bonchev–Trinajstić information content (AvgIpc) is 2.74. The zero-order chi connectivity index (χ0) is 23.9. The second-order valence-corrected chi connectivity index (χ2v) is 10.0. The maximum Gasteiger partial charge on any atom is 0.244 e. The Hall–Kier alpha value is -2.87. The van der Waals surface area contributed by atoms with E-state index in [4.69, 9.17) is 0 Å². The maximum absolute atomic E-state index is 13.4. The molecule has 0 saturated heterocycles. The van der Waals surface area contributed by atoms with Gasteiger partial charge in [-0.2, -0.15) is 0 Å². The Bertz CT molecular complexity index is 1020. The van der Waals surface area contributed by atoms with Crippen LogP contribution in [0.25, 0.3) is 0 Å². The molecule has 0 aliphatic heterocycles. The van der Waals surface area contributed by atoms with Crippen molar-refractivity contribution in [3.8, 4) is 0 Å². The van der Waals surface area contributed by atoms with Crippen LogP contribution < -0.4 is 9.62 Å². The van der Waals surface area contributed by atoms with Crippen LogP contribution in [0.1, 0.15) is 38.3 Å². The van der Waals surface area contributed by atoms with E-state index in [1.54, 1.807) is 25.1 Å². The van der Waals surface area contributed by atoms with Gasteiger partial charge in [0.25, 0.3) is 0 Å². The molecule has 174 valence electrons. The lowest BCUT2D eigenvalue weighted by atomic mass is 10.1. The molecule has 32 heavy (non-hydrogen) atoms. The molecule has 0 aromatic heterocycles. The van der Waals surface area contributed by atoms with E-state index in [0.29, 0.717) is 5.69 Å². The van der Waals surface area contributed by atoms with Gasteiger partial charge in [0.2, 0.25) is 21.8 Å². The molecule has 0 heterocycles. The molecule has 1 N–H and O–H groups in total. The van der Waals surface area contributed by atoms with Crippen LogP contribution in [0.2, 0.25) is 0 Å². The number of carbonyl (C=O) groups excluding carboxylic acids is 2. The van der Waals surface area contributed by atoms with Crippen LogP contribution in [0.15, 0.2) is 54.6 Å². The quantitative estimate of drug-likeness (QED) is 0.592. The zero-order valence-electron chi connectivity index (χ0n) is 19.4. The minimum atomic E-state index is -3.72. The number of sulfonamides is 1. The van der Waals surface area contributed by atoms with Gasteiger partial charge in [-0.25, -0.2) is 8.42 Å². The highest BCUT2D eigenvalue weighted by atomic mass is 32.2. The number of rotatable bonds is 10. The first-order valence-corrected chi connectivity index (χ1v) is 12.6. The van der Waals surface area contributed by atoms with Crippen molar-refractivity contribution in [2.45, 2.75) is 52.7 Å². The fourth-order valence-electron chi connectivity index (χ4n) is 3.23. The fourth-order valence-corrected chi connectivity index (χ4v) is 4.07. The Morgan fingerprint density at radius 2 is 1.69 bits per heavy atom. The van der Waals surface area contributed by atoms with E-state index in [2.05, 4.69) is 5.32 Å². The summed E-state index contributed by atoms with van der Waals surface area (Å²) in [6.45, 7) is 7.19. The van der Waals surface area contributed by atoms with Gasteiger partial charge < -0.3 is 10.2 Å². The monoisotopic (exact) mass is 459 g/mol. The minimum Gasteiger partial charge on any atom is -0.352 e. The molecule has 8 heteroatoms. The smallest absolute Gasteiger partial charge is 0.244 e. The average molecular weight is 460 g/mol. The van der Waals surface area contributed by atoms with E-state index in [-0.39, 0.29) is 18.5 Å². The molecule has 0 saturated carbocycles. The highest BCUT2D eigenvalue weighted by Crippen LogP contribution is 2.20. The van der Waals surface area contributed by atoms with Gasteiger partial charge >= 0.3 is 0 Å². The molecule has 2 atom stereocenters. The van der Waals surface area contributed by atoms with Crippen molar-refractivity contribution in [2.75, 3.05) is 17.1 Å². The van der Waals surface area contributed by atoms with Crippen LogP contribution in [-0.4, -0.2) is 50.0 Å². The Labute approximate surface area is 191 Å². The largest absolute Gasteiger partial charge is 0.352 e. The lowest BCUT2D eigenvalue weighted by Gasteiger charge is -2.32. The van der Waals surface area contributed by atoms with Crippen LogP contribution in [0.5, 0.6) is 0 Å². The number of hydrogen-bond donors (Lipinski definition) is 1. The van der Waals surface area contributed by atoms with E-state index >= 15 is 0 Å². The molecule has 0 fully saturated rings. The van der Waals surface area contributed by atoms with Crippen molar-refractivity contribution in [2.24, 2.45) is 0 Å². The number of nitrogens with zero attached hydrogens (tertiary/aromatic N) is 2. The first kappa shape index (κ1) is 25.4. The Kier molecular flexibility index (Phi) is 8.83. The van der Waals surface area contributed by atoms with Crippen LogP contribution in [-0.2, 0) is 26.2 Å². The molecule has 2 amide bonds. The molecule has 2 rings (SSSR count). The molecule has 0 unspecified atom stereocenters. The molecule has 0 bridgehead atoms. The second-order valence-electron chi connectivity index (χ2n) is 8.11. The third-order valence-electron chi connectivity index (χ3n) is 5.33. The van der Waals surface area contributed by atoms with Crippen LogP contribution >= 0.6 is 0 Å². The van der Waals surface area contributed by atoms with Crippen LogP contribution in [0.3, 0.4) is 0 Å². The minimum absolute atomic E-state index is 0.0292. The SMILES string of the molecule is CC[C@@H](C)NC(=O)[C@@H](C)N(Cc1ccccc1)C(=O)CN(c1cccc(C)c1)S(C)(=O)=O. The van der Waals surface area contributed by atoms with Crippen molar-refractivity contribution in [1.29, 1.82) is 0 Å². The van der Waals surface area contributed by atoms with Gasteiger partial charge in [-0.1, -0.05) is 49.4 Å². The van der Waals surface area contributed by atoms with Gasteiger partial charge in [-0.15, -0.1) is 0 Å². The second kappa shape index (κ2) is 11.1. The summed E-state index contributed by atoms with van der Waals surface area (Å²) in [7, 11) is -3.72. The van der Waals surface area contributed by atoms with Gasteiger partial charge in [0.1, 0.15) is 12.6 Å². The molecule has 0 radical (unpaired) electrons. The summed E-state index contributed by atoms with van der Waals surface area (Å²) in [6, 6.07) is 15.5. The van der Waals surface area contributed by atoms with E-state index in [0.717, 1.165) is 28.1 Å². The predicted molar refractivity (Wildman–Crippen MR) is 128 cm³/mol. The van der Waals surface area contributed by atoms with Gasteiger partial charge in [0.05, 0.1) is 11.9 Å². The van der Waals surface area contributed by atoms with E-state index in [1.807, 2.05) is 57.2 Å². The Morgan fingerprint density at radius 1 is 1.03 bits per heavy atom. The van der Waals surface area contributed by atoms with Crippen molar-refractivity contribution < 1.29 is 18.0 Å².